The lowest BCUT2D eigenvalue weighted by Gasteiger charge is -1.99. The smallest absolute Gasteiger partial charge is 0.307 e. The summed E-state index contributed by atoms with van der Waals surface area (Å²) < 4.78 is 23.5. The van der Waals surface area contributed by atoms with Crippen LogP contribution in [0.1, 0.15) is 16.3 Å². The second-order valence-corrected chi connectivity index (χ2v) is 4.80. The van der Waals surface area contributed by atoms with Gasteiger partial charge in [-0.2, -0.15) is 5.10 Å². The molecule has 0 saturated carbocycles. The van der Waals surface area contributed by atoms with Crippen molar-refractivity contribution in [2.75, 3.05) is 0 Å². The molecule has 3 rings (SSSR count). The van der Waals surface area contributed by atoms with Crippen molar-refractivity contribution in [3.63, 3.8) is 0 Å². The number of nitro benzene ring substituents is 1. The SMILES string of the molecule is O=C(N/N=C\c1ccc(-c2ccc(F)cc2[N+](=O)[O-])o1)c1ccco1. The monoisotopic (exact) mass is 343 g/mol. The van der Waals surface area contributed by atoms with E-state index in [-0.39, 0.29) is 22.8 Å². The Bertz CT molecular complexity index is 947. The summed E-state index contributed by atoms with van der Waals surface area (Å²) in [4.78, 5) is 21.9. The first-order valence-electron chi connectivity index (χ1n) is 6.95. The molecule has 0 radical (unpaired) electrons. The van der Waals surface area contributed by atoms with Gasteiger partial charge in [0.15, 0.2) is 5.76 Å². The molecule has 0 spiro atoms. The van der Waals surface area contributed by atoms with Crippen LogP contribution in [-0.2, 0) is 0 Å². The molecule has 0 aliphatic carbocycles. The van der Waals surface area contributed by atoms with E-state index < -0.39 is 22.3 Å². The number of nitrogens with zero attached hydrogens (tertiary/aromatic N) is 2. The minimum Gasteiger partial charge on any atom is -0.459 e. The van der Waals surface area contributed by atoms with Gasteiger partial charge in [0, 0.05) is 0 Å². The van der Waals surface area contributed by atoms with E-state index in [2.05, 4.69) is 10.5 Å². The van der Waals surface area contributed by atoms with Gasteiger partial charge in [0.25, 0.3) is 5.69 Å². The molecule has 0 unspecified atom stereocenters. The first-order chi connectivity index (χ1) is 12.0. The molecule has 1 N–H and O–H groups in total. The zero-order valence-corrected chi connectivity index (χ0v) is 12.5. The van der Waals surface area contributed by atoms with E-state index in [0.717, 1.165) is 12.1 Å². The second kappa shape index (κ2) is 6.79. The molecule has 0 saturated heterocycles. The molecule has 25 heavy (non-hydrogen) atoms. The van der Waals surface area contributed by atoms with Gasteiger partial charge in [-0.25, -0.2) is 9.82 Å². The number of benzene rings is 1. The summed E-state index contributed by atoms with van der Waals surface area (Å²) in [7, 11) is 0. The molecule has 1 aromatic carbocycles. The van der Waals surface area contributed by atoms with Gasteiger partial charge in [-0.15, -0.1) is 0 Å². The minimum atomic E-state index is -0.718. The van der Waals surface area contributed by atoms with Gasteiger partial charge >= 0.3 is 5.91 Å². The fraction of sp³-hybridized carbons (Fsp3) is 0. The number of hydrogen-bond donors (Lipinski definition) is 1. The van der Waals surface area contributed by atoms with E-state index in [1.54, 1.807) is 6.07 Å². The van der Waals surface area contributed by atoms with E-state index in [4.69, 9.17) is 8.83 Å². The van der Waals surface area contributed by atoms with Crippen molar-refractivity contribution < 1.29 is 22.9 Å². The fourth-order valence-corrected chi connectivity index (χ4v) is 2.05. The first-order valence-corrected chi connectivity index (χ1v) is 6.95. The van der Waals surface area contributed by atoms with Gasteiger partial charge in [0.2, 0.25) is 0 Å². The highest BCUT2D eigenvalue weighted by molar-refractivity contribution is 5.92. The zero-order chi connectivity index (χ0) is 17.8. The molecular weight excluding hydrogens is 333 g/mol. The van der Waals surface area contributed by atoms with E-state index >= 15 is 0 Å². The predicted octanol–water partition coefficient (Wildman–Crippen LogP) is 3.35. The summed E-state index contributed by atoms with van der Waals surface area (Å²) in [5, 5.41) is 14.7. The third kappa shape index (κ3) is 3.61. The molecule has 0 atom stereocenters. The molecule has 3 aromatic rings. The van der Waals surface area contributed by atoms with Gasteiger partial charge in [-0.1, -0.05) is 0 Å². The summed E-state index contributed by atoms with van der Waals surface area (Å²) in [6, 6.07) is 9.20. The summed E-state index contributed by atoms with van der Waals surface area (Å²) in [5.74, 6) is -0.746. The summed E-state index contributed by atoms with van der Waals surface area (Å²) in [5.41, 5.74) is 1.96. The fourth-order valence-electron chi connectivity index (χ4n) is 2.05. The number of hydrogen-bond acceptors (Lipinski definition) is 6. The van der Waals surface area contributed by atoms with E-state index in [1.807, 2.05) is 0 Å². The molecule has 0 aliphatic rings. The van der Waals surface area contributed by atoms with Gasteiger partial charge in [-0.05, 0) is 36.4 Å². The van der Waals surface area contributed by atoms with Crippen molar-refractivity contribution >= 4 is 17.8 Å². The van der Waals surface area contributed by atoms with Crippen LogP contribution in [-0.4, -0.2) is 17.0 Å². The maximum absolute atomic E-state index is 13.2. The molecule has 0 fully saturated rings. The first kappa shape index (κ1) is 16.1. The molecule has 0 bridgehead atoms. The van der Waals surface area contributed by atoms with Crippen LogP contribution in [0, 0.1) is 15.9 Å². The third-order valence-electron chi connectivity index (χ3n) is 3.15. The van der Waals surface area contributed by atoms with Crippen LogP contribution < -0.4 is 5.43 Å². The number of nitrogens with one attached hydrogen (secondary N) is 1. The number of hydrazone groups is 1. The van der Waals surface area contributed by atoms with Crippen molar-refractivity contribution in [3.8, 4) is 11.3 Å². The van der Waals surface area contributed by atoms with Crippen LogP contribution in [0.15, 0.2) is 62.7 Å². The molecule has 126 valence electrons. The summed E-state index contributed by atoms with van der Waals surface area (Å²) in [6.07, 6.45) is 2.58. The number of carbonyl (C=O) groups excluding carboxylic acids is 1. The molecular formula is C16H10FN3O5. The lowest BCUT2D eigenvalue weighted by atomic mass is 10.1. The van der Waals surface area contributed by atoms with Crippen molar-refractivity contribution in [1.82, 2.24) is 5.43 Å². The van der Waals surface area contributed by atoms with Gasteiger partial charge < -0.3 is 8.83 Å². The van der Waals surface area contributed by atoms with Crippen LogP contribution in [0.4, 0.5) is 10.1 Å². The molecule has 1 amide bonds. The number of nitro groups is 1. The Labute approximate surface area is 139 Å². The van der Waals surface area contributed by atoms with Gasteiger partial charge in [0.1, 0.15) is 17.3 Å². The Kier molecular flexibility index (Phi) is 4.38. The predicted molar refractivity (Wildman–Crippen MR) is 84.5 cm³/mol. The number of carbonyl (C=O) groups is 1. The van der Waals surface area contributed by atoms with Crippen molar-refractivity contribution in [2.24, 2.45) is 5.10 Å². The number of rotatable bonds is 5. The molecule has 0 aliphatic heterocycles. The van der Waals surface area contributed by atoms with E-state index in [9.17, 15) is 19.3 Å². The Balaban J connectivity index is 1.76. The van der Waals surface area contributed by atoms with Crippen LogP contribution in [0.5, 0.6) is 0 Å². The maximum Gasteiger partial charge on any atom is 0.307 e. The normalized spacial score (nSPS) is 10.9. The summed E-state index contributed by atoms with van der Waals surface area (Å²) in [6.45, 7) is 0. The van der Waals surface area contributed by atoms with Crippen molar-refractivity contribution in [2.45, 2.75) is 0 Å². The summed E-state index contributed by atoms with van der Waals surface area (Å²) >= 11 is 0. The van der Waals surface area contributed by atoms with Gasteiger partial charge in [0.05, 0.1) is 29.0 Å². The Morgan fingerprint density at radius 2 is 2.12 bits per heavy atom. The molecule has 2 heterocycles. The Hall–Kier alpha value is -3.75. The quantitative estimate of drug-likeness (QED) is 0.434. The minimum absolute atomic E-state index is 0.0965. The standard InChI is InChI=1S/C16H10FN3O5/c17-10-3-5-12(13(8-10)20(22)23)14-6-4-11(25-14)9-18-19-16(21)15-2-1-7-24-15/h1-9H,(H,19,21)/b18-9-. The average molecular weight is 343 g/mol. The van der Waals surface area contributed by atoms with Gasteiger partial charge in [-0.3, -0.25) is 14.9 Å². The van der Waals surface area contributed by atoms with Crippen LogP contribution in [0.3, 0.4) is 0 Å². The average Bonchev–Trinajstić information content (AvgIpc) is 3.26. The zero-order valence-electron chi connectivity index (χ0n) is 12.5. The lowest BCUT2D eigenvalue weighted by molar-refractivity contribution is -0.384. The highest BCUT2D eigenvalue weighted by Crippen LogP contribution is 2.31. The number of furan rings is 2. The topological polar surface area (TPSA) is 111 Å². The number of amides is 1. The van der Waals surface area contributed by atoms with E-state index in [1.165, 1.54) is 36.7 Å². The highest BCUT2D eigenvalue weighted by atomic mass is 19.1. The molecule has 8 nitrogen and oxygen atoms in total. The largest absolute Gasteiger partial charge is 0.459 e. The third-order valence-corrected chi connectivity index (χ3v) is 3.15. The maximum atomic E-state index is 13.2. The molecule has 2 aromatic heterocycles. The Morgan fingerprint density at radius 3 is 2.84 bits per heavy atom. The van der Waals surface area contributed by atoms with Crippen LogP contribution in [0.25, 0.3) is 11.3 Å². The van der Waals surface area contributed by atoms with Crippen molar-refractivity contribution in [3.05, 3.63) is 76.2 Å². The number of halogens is 1. The highest BCUT2D eigenvalue weighted by Gasteiger charge is 2.19. The molecule has 9 heteroatoms. The lowest BCUT2D eigenvalue weighted by Crippen LogP contribution is -2.16. The van der Waals surface area contributed by atoms with Crippen molar-refractivity contribution in [1.29, 1.82) is 0 Å². The Morgan fingerprint density at radius 1 is 1.28 bits per heavy atom. The second-order valence-electron chi connectivity index (χ2n) is 4.80. The van der Waals surface area contributed by atoms with E-state index in [0.29, 0.717) is 0 Å². The van der Waals surface area contributed by atoms with Crippen LogP contribution >= 0.6 is 0 Å². The van der Waals surface area contributed by atoms with Crippen LogP contribution in [0.2, 0.25) is 0 Å².